The second-order valence-electron chi connectivity index (χ2n) is 7.95. The maximum Gasteiger partial charge on any atom is 0.225 e. The van der Waals surface area contributed by atoms with Crippen LogP contribution >= 0.6 is 12.2 Å². The predicted molar refractivity (Wildman–Crippen MR) is 95.1 cm³/mol. The van der Waals surface area contributed by atoms with Crippen molar-refractivity contribution in [3.63, 3.8) is 0 Å². The van der Waals surface area contributed by atoms with Gasteiger partial charge in [0.05, 0.1) is 0 Å². The molecule has 0 spiro atoms. The number of H-pyrrole nitrogens is 1. The molecule has 0 aromatic carbocycles. The van der Waals surface area contributed by atoms with E-state index in [0.717, 1.165) is 44.1 Å². The number of aromatic amines is 1. The predicted octanol–water partition coefficient (Wildman–Crippen LogP) is 3.40. The SMILES string of the molecule is Cn1c(C2CCN(C(=O)[C@H]3C[C@@H]3C3CCCCC3)CC2)n[nH]c1=S. The minimum atomic E-state index is 0.338. The summed E-state index contributed by atoms with van der Waals surface area (Å²) >= 11 is 5.21. The number of amides is 1. The summed E-state index contributed by atoms with van der Waals surface area (Å²) in [5.74, 6) is 3.75. The van der Waals surface area contributed by atoms with E-state index in [-0.39, 0.29) is 0 Å². The fourth-order valence-corrected chi connectivity index (χ4v) is 5.04. The highest BCUT2D eigenvalue weighted by Gasteiger charge is 2.49. The Balaban J connectivity index is 1.31. The monoisotopic (exact) mass is 348 g/mol. The molecule has 1 amide bonds. The van der Waals surface area contributed by atoms with Crippen LogP contribution in [0.15, 0.2) is 0 Å². The summed E-state index contributed by atoms with van der Waals surface area (Å²) in [4.78, 5) is 14.9. The molecule has 5 nitrogen and oxygen atoms in total. The Morgan fingerprint density at radius 1 is 1.17 bits per heavy atom. The third-order valence-electron chi connectivity index (χ3n) is 6.50. The maximum absolute atomic E-state index is 12.8. The lowest BCUT2D eigenvalue weighted by Gasteiger charge is -2.32. The highest BCUT2D eigenvalue weighted by Crippen LogP contribution is 2.50. The van der Waals surface area contributed by atoms with E-state index < -0.39 is 0 Å². The Bertz CT molecular complexity index is 652. The molecule has 4 rings (SSSR count). The Morgan fingerprint density at radius 2 is 1.88 bits per heavy atom. The third kappa shape index (κ3) is 3.05. The van der Waals surface area contributed by atoms with Crippen molar-refractivity contribution < 1.29 is 4.79 Å². The van der Waals surface area contributed by atoms with Gasteiger partial charge >= 0.3 is 0 Å². The molecular formula is C18H28N4OS. The first-order chi connectivity index (χ1) is 11.6. The summed E-state index contributed by atoms with van der Waals surface area (Å²) < 4.78 is 2.65. The summed E-state index contributed by atoms with van der Waals surface area (Å²) in [5, 5.41) is 7.25. The number of carbonyl (C=O) groups is 1. The number of carbonyl (C=O) groups excluding carboxylic acids is 1. The first-order valence-electron chi connectivity index (χ1n) is 9.55. The lowest BCUT2D eigenvalue weighted by Crippen LogP contribution is -2.39. The van der Waals surface area contributed by atoms with E-state index in [1.807, 2.05) is 11.6 Å². The molecule has 0 bridgehead atoms. The second-order valence-corrected chi connectivity index (χ2v) is 8.34. The molecule has 1 aromatic rings. The van der Waals surface area contributed by atoms with Gasteiger partial charge in [-0.1, -0.05) is 32.1 Å². The molecule has 0 radical (unpaired) electrons. The molecule has 3 fully saturated rings. The number of aromatic nitrogens is 3. The van der Waals surface area contributed by atoms with Crippen LogP contribution in [-0.4, -0.2) is 38.7 Å². The zero-order valence-electron chi connectivity index (χ0n) is 14.5. The van der Waals surface area contributed by atoms with Gasteiger partial charge in [-0.3, -0.25) is 9.89 Å². The second kappa shape index (κ2) is 6.62. The average Bonchev–Trinajstić information content (AvgIpc) is 3.36. The number of hydrogen-bond donors (Lipinski definition) is 1. The molecule has 2 saturated carbocycles. The topological polar surface area (TPSA) is 53.9 Å². The Hall–Kier alpha value is -1.17. The smallest absolute Gasteiger partial charge is 0.225 e. The van der Waals surface area contributed by atoms with Crippen LogP contribution in [0.5, 0.6) is 0 Å². The van der Waals surface area contributed by atoms with Crippen molar-refractivity contribution in [2.24, 2.45) is 24.8 Å². The van der Waals surface area contributed by atoms with E-state index in [0.29, 0.717) is 28.4 Å². The first kappa shape index (κ1) is 16.3. The van der Waals surface area contributed by atoms with Gasteiger partial charge < -0.3 is 9.47 Å². The van der Waals surface area contributed by atoms with Gasteiger partial charge in [0.1, 0.15) is 5.82 Å². The largest absolute Gasteiger partial charge is 0.342 e. The van der Waals surface area contributed by atoms with Gasteiger partial charge in [0.2, 0.25) is 5.91 Å². The van der Waals surface area contributed by atoms with Gasteiger partial charge in [-0.05, 0) is 43.3 Å². The van der Waals surface area contributed by atoms with Gasteiger partial charge in [-0.25, -0.2) is 0 Å². The molecule has 6 heteroatoms. The number of hydrogen-bond acceptors (Lipinski definition) is 3. The normalized spacial score (nSPS) is 29.0. The summed E-state index contributed by atoms with van der Waals surface area (Å²) in [5.41, 5.74) is 0. The number of nitrogens with zero attached hydrogens (tertiary/aromatic N) is 3. The highest BCUT2D eigenvalue weighted by atomic mass is 32.1. The molecule has 3 aliphatic rings. The lowest BCUT2D eigenvalue weighted by molar-refractivity contribution is -0.134. The van der Waals surface area contributed by atoms with E-state index in [9.17, 15) is 4.79 Å². The molecule has 1 aromatic heterocycles. The van der Waals surface area contributed by atoms with Gasteiger partial charge in [-0.2, -0.15) is 5.10 Å². The summed E-state index contributed by atoms with van der Waals surface area (Å²) in [7, 11) is 1.97. The summed E-state index contributed by atoms with van der Waals surface area (Å²) in [6.45, 7) is 1.74. The summed E-state index contributed by atoms with van der Waals surface area (Å²) in [6, 6.07) is 0. The van der Waals surface area contributed by atoms with Crippen LogP contribution < -0.4 is 0 Å². The van der Waals surface area contributed by atoms with Crippen LogP contribution in [0.2, 0.25) is 0 Å². The summed E-state index contributed by atoms with van der Waals surface area (Å²) in [6.07, 6.45) is 10.0. The molecule has 2 atom stereocenters. The van der Waals surface area contributed by atoms with Crippen molar-refractivity contribution in [2.45, 2.75) is 57.3 Å². The highest BCUT2D eigenvalue weighted by molar-refractivity contribution is 7.71. The van der Waals surface area contributed by atoms with Crippen molar-refractivity contribution in [1.29, 1.82) is 0 Å². The van der Waals surface area contributed by atoms with Crippen LogP contribution in [-0.2, 0) is 11.8 Å². The zero-order chi connectivity index (χ0) is 16.7. The van der Waals surface area contributed by atoms with Gasteiger partial charge in [0, 0.05) is 32.0 Å². The van der Waals surface area contributed by atoms with Gasteiger partial charge in [0.25, 0.3) is 0 Å². The van der Waals surface area contributed by atoms with E-state index in [1.165, 1.54) is 32.1 Å². The first-order valence-corrected chi connectivity index (χ1v) is 9.96. The lowest BCUT2D eigenvalue weighted by atomic mass is 9.85. The molecule has 0 unspecified atom stereocenters. The maximum atomic E-state index is 12.8. The number of nitrogens with one attached hydrogen (secondary N) is 1. The molecule has 2 heterocycles. The van der Waals surface area contributed by atoms with E-state index in [2.05, 4.69) is 15.1 Å². The van der Waals surface area contributed by atoms with Crippen LogP contribution in [0.4, 0.5) is 0 Å². The molecule has 2 aliphatic carbocycles. The van der Waals surface area contributed by atoms with Crippen molar-refractivity contribution in [3.8, 4) is 0 Å². The molecule has 132 valence electrons. The van der Waals surface area contributed by atoms with Crippen LogP contribution in [0.25, 0.3) is 0 Å². The quantitative estimate of drug-likeness (QED) is 0.852. The van der Waals surface area contributed by atoms with Gasteiger partial charge in [0.15, 0.2) is 4.77 Å². The van der Waals surface area contributed by atoms with Crippen LogP contribution in [0.3, 0.4) is 0 Å². The standard InChI is InChI=1S/C18H28N4OS/c1-21-16(19-20-18(21)24)13-7-9-22(10-8-13)17(23)15-11-14(15)12-5-3-2-4-6-12/h12-15H,2-11H2,1H3,(H,20,24)/t14-,15+/m1/s1. The van der Waals surface area contributed by atoms with Crippen LogP contribution in [0, 0.1) is 22.5 Å². The molecule has 1 aliphatic heterocycles. The average molecular weight is 349 g/mol. The third-order valence-corrected chi connectivity index (χ3v) is 6.86. The van der Waals surface area contributed by atoms with E-state index in [4.69, 9.17) is 12.2 Å². The Morgan fingerprint density at radius 3 is 2.50 bits per heavy atom. The fraction of sp³-hybridized carbons (Fsp3) is 0.833. The zero-order valence-corrected chi connectivity index (χ0v) is 15.4. The fourth-order valence-electron chi connectivity index (χ4n) is 4.90. The van der Waals surface area contributed by atoms with Crippen molar-refractivity contribution >= 4 is 18.1 Å². The molecule has 1 saturated heterocycles. The Labute approximate surface area is 148 Å². The van der Waals surface area contributed by atoms with E-state index >= 15 is 0 Å². The van der Waals surface area contributed by atoms with Crippen molar-refractivity contribution in [3.05, 3.63) is 10.6 Å². The minimum absolute atomic E-state index is 0.338. The van der Waals surface area contributed by atoms with E-state index in [1.54, 1.807) is 0 Å². The Kier molecular flexibility index (Phi) is 4.50. The van der Waals surface area contributed by atoms with Crippen LogP contribution in [0.1, 0.15) is 63.1 Å². The molecular weight excluding hydrogens is 320 g/mol. The minimum Gasteiger partial charge on any atom is -0.342 e. The van der Waals surface area contributed by atoms with Gasteiger partial charge in [-0.15, -0.1) is 0 Å². The molecule has 1 N–H and O–H groups in total. The van der Waals surface area contributed by atoms with Crippen molar-refractivity contribution in [1.82, 2.24) is 19.7 Å². The number of likely N-dealkylation sites (tertiary alicyclic amines) is 1. The molecule has 24 heavy (non-hydrogen) atoms. The van der Waals surface area contributed by atoms with Crippen molar-refractivity contribution in [2.75, 3.05) is 13.1 Å². The number of piperidine rings is 1. The number of rotatable bonds is 3.